The lowest BCUT2D eigenvalue weighted by Crippen LogP contribution is -2.50. The van der Waals surface area contributed by atoms with E-state index in [-0.39, 0.29) is 17.2 Å². The molecule has 0 saturated carbocycles. The number of rotatable bonds is 3. The number of ketones is 2. The van der Waals surface area contributed by atoms with Crippen LogP contribution in [0.5, 0.6) is 5.75 Å². The van der Waals surface area contributed by atoms with E-state index in [2.05, 4.69) is 11.9 Å². The molecular formula is C18H21NO4. The molecule has 0 unspecified atom stereocenters. The van der Waals surface area contributed by atoms with E-state index in [0.29, 0.717) is 17.7 Å². The third-order valence-corrected chi connectivity index (χ3v) is 4.63. The Bertz CT molecular complexity index is 657. The van der Waals surface area contributed by atoms with Gasteiger partial charge in [0, 0.05) is 25.9 Å². The maximum atomic E-state index is 12.6. The molecule has 1 saturated heterocycles. The Labute approximate surface area is 135 Å². The summed E-state index contributed by atoms with van der Waals surface area (Å²) in [5.74, 6) is 0.367. The minimum absolute atomic E-state index is 0.0968. The van der Waals surface area contributed by atoms with Gasteiger partial charge in [-0.25, -0.2) is 0 Å². The fraction of sp³-hybridized carbons (Fsp3) is 0.444. The summed E-state index contributed by atoms with van der Waals surface area (Å²) in [6, 6.07) is 5.37. The molecule has 1 fully saturated rings. The molecule has 0 aliphatic carbocycles. The molecule has 0 radical (unpaired) electrons. The van der Waals surface area contributed by atoms with Crippen molar-refractivity contribution >= 4 is 17.6 Å². The molecule has 3 rings (SSSR count). The van der Waals surface area contributed by atoms with E-state index in [1.54, 1.807) is 18.2 Å². The Kier molecular flexibility index (Phi) is 4.33. The van der Waals surface area contributed by atoms with E-state index in [9.17, 15) is 9.59 Å². The van der Waals surface area contributed by atoms with Crippen LogP contribution in [0.4, 0.5) is 0 Å². The average molecular weight is 315 g/mol. The highest BCUT2D eigenvalue weighted by molar-refractivity contribution is 6.01. The number of fused-ring (bicyclic) bond motifs is 1. The zero-order chi connectivity index (χ0) is 16.4. The van der Waals surface area contributed by atoms with Crippen LogP contribution >= 0.6 is 0 Å². The van der Waals surface area contributed by atoms with E-state index in [0.717, 1.165) is 31.5 Å². The van der Waals surface area contributed by atoms with Gasteiger partial charge in [-0.1, -0.05) is 12.1 Å². The molecule has 2 heterocycles. The number of hydrogen-bond donors (Lipinski definition) is 1. The predicted molar refractivity (Wildman–Crippen MR) is 86.6 cm³/mol. The molecule has 2 aliphatic rings. The van der Waals surface area contributed by atoms with Gasteiger partial charge in [0.25, 0.3) is 0 Å². The molecule has 0 bridgehead atoms. The van der Waals surface area contributed by atoms with Crippen LogP contribution in [0.15, 0.2) is 24.3 Å². The number of Topliss-reactive ketones (excluding diaryl/α,β-unsaturated/α-hetero) is 1. The molecule has 5 heteroatoms. The third kappa shape index (κ3) is 3.35. The van der Waals surface area contributed by atoms with Crippen LogP contribution in [0.3, 0.4) is 0 Å². The highest BCUT2D eigenvalue weighted by atomic mass is 16.5. The smallest absolute Gasteiger partial charge is 0.181 e. The van der Waals surface area contributed by atoms with Crippen LogP contribution < -0.4 is 4.74 Å². The fourth-order valence-corrected chi connectivity index (χ4v) is 3.16. The first-order valence-electron chi connectivity index (χ1n) is 7.88. The lowest BCUT2D eigenvalue weighted by Gasteiger charge is -2.43. The summed E-state index contributed by atoms with van der Waals surface area (Å²) in [7, 11) is 2.08. The summed E-state index contributed by atoms with van der Waals surface area (Å²) < 4.78 is 6.20. The highest BCUT2D eigenvalue weighted by Gasteiger charge is 2.42. The maximum absolute atomic E-state index is 12.6. The van der Waals surface area contributed by atoms with Crippen LogP contribution in [-0.4, -0.2) is 53.9 Å². The topological polar surface area (TPSA) is 66.8 Å². The van der Waals surface area contributed by atoms with Crippen molar-refractivity contribution in [3.05, 3.63) is 35.4 Å². The van der Waals surface area contributed by atoms with E-state index in [1.807, 2.05) is 6.07 Å². The lowest BCUT2D eigenvalue weighted by molar-refractivity contribution is -0.117. The van der Waals surface area contributed by atoms with Gasteiger partial charge < -0.3 is 14.7 Å². The Hall–Kier alpha value is -1.98. The van der Waals surface area contributed by atoms with Crippen molar-refractivity contribution in [3.8, 4) is 5.75 Å². The van der Waals surface area contributed by atoms with Crippen molar-refractivity contribution in [2.75, 3.05) is 26.7 Å². The quantitative estimate of drug-likeness (QED) is 0.860. The van der Waals surface area contributed by atoms with Crippen molar-refractivity contribution < 1.29 is 19.4 Å². The van der Waals surface area contributed by atoms with Gasteiger partial charge in [-0.05, 0) is 30.8 Å². The molecule has 122 valence electrons. The molecular weight excluding hydrogens is 294 g/mol. The number of likely N-dealkylation sites (tertiary alicyclic amines) is 1. The molecule has 2 aliphatic heterocycles. The van der Waals surface area contributed by atoms with E-state index in [1.165, 1.54) is 6.08 Å². The number of aliphatic hydroxyl groups is 1. The highest BCUT2D eigenvalue weighted by Crippen LogP contribution is 2.39. The molecule has 1 N–H and O–H groups in total. The van der Waals surface area contributed by atoms with Crippen LogP contribution in [-0.2, 0) is 4.79 Å². The molecule has 5 nitrogen and oxygen atoms in total. The molecule has 1 aromatic carbocycles. The number of carbonyl (C=O) groups is 2. The fourth-order valence-electron chi connectivity index (χ4n) is 3.16. The summed E-state index contributed by atoms with van der Waals surface area (Å²) in [6.07, 6.45) is 5.06. The van der Waals surface area contributed by atoms with Gasteiger partial charge >= 0.3 is 0 Å². The van der Waals surface area contributed by atoms with Crippen LogP contribution in [0.2, 0.25) is 0 Å². The van der Waals surface area contributed by atoms with Crippen molar-refractivity contribution in [2.24, 2.45) is 0 Å². The van der Waals surface area contributed by atoms with Gasteiger partial charge in [-0.15, -0.1) is 0 Å². The average Bonchev–Trinajstić information content (AvgIpc) is 2.56. The van der Waals surface area contributed by atoms with Crippen molar-refractivity contribution in [2.45, 2.75) is 24.9 Å². The monoisotopic (exact) mass is 315 g/mol. The van der Waals surface area contributed by atoms with Gasteiger partial charge in [0.05, 0.1) is 12.0 Å². The predicted octanol–water partition coefficient (Wildman–Crippen LogP) is 1.69. The standard InChI is InChI=1S/C18H21NO4/c1-19-8-6-18(7-9-19)11-16(22)15-10-13(2-4-14(21)12-20)3-5-17(15)23-18/h2-5,10,20H,6-9,11-12H2,1H3/b4-2+. The largest absolute Gasteiger partial charge is 0.486 e. The Morgan fingerprint density at radius 3 is 2.83 bits per heavy atom. The number of hydrogen-bond acceptors (Lipinski definition) is 5. The number of piperidine rings is 1. The van der Waals surface area contributed by atoms with Crippen molar-refractivity contribution in [3.63, 3.8) is 0 Å². The summed E-state index contributed by atoms with van der Waals surface area (Å²) in [5, 5.41) is 8.73. The van der Waals surface area contributed by atoms with E-state index in [4.69, 9.17) is 9.84 Å². The Morgan fingerprint density at radius 1 is 1.39 bits per heavy atom. The second kappa shape index (κ2) is 6.26. The summed E-state index contributed by atoms with van der Waals surface area (Å²) in [4.78, 5) is 25.9. The summed E-state index contributed by atoms with van der Waals surface area (Å²) >= 11 is 0. The van der Waals surface area contributed by atoms with Gasteiger partial charge in [-0.2, -0.15) is 0 Å². The second-order valence-electron chi connectivity index (χ2n) is 6.40. The van der Waals surface area contributed by atoms with Crippen LogP contribution in [0.25, 0.3) is 6.08 Å². The Morgan fingerprint density at radius 2 is 2.13 bits per heavy atom. The van der Waals surface area contributed by atoms with Crippen molar-refractivity contribution in [1.29, 1.82) is 0 Å². The summed E-state index contributed by atoms with van der Waals surface area (Å²) in [6.45, 7) is 1.36. The second-order valence-corrected chi connectivity index (χ2v) is 6.40. The maximum Gasteiger partial charge on any atom is 0.181 e. The SMILES string of the molecule is CN1CCC2(CC1)CC(=O)c1cc(/C=C/C(=O)CO)ccc1O2. The van der Waals surface area contributed by atoms with Crippen LogP contribution in [0.1, 0.15) is 35.2 Å². The zero-order valence-electron chi connectivity index (χ0n) is 13.2. The zero-order valence-corrected chi connectivity index (χ0v) is 13.2. The number of carbonyl (C=O) groups excluding carboxylic acids is 2. The van der Waals surface area contributed by atoms with Gasteiger partial charge in [-0.3, -0.25) is 9.59 Å². The number of ether oxygens (including phenoxy) is 1. The third-order valence-electron chi connectivity index (χ3n) is 4.63. The molecule has 0 atom stereocenters. The molecule has 0 aromatic heterocycles. The molecule has 0 amide bonds. The first kappa shape index (κ1) is 15.9. The number of nitrogens with zero attached hydrogens (tertiary/aromatic N) is 1. The minimum Gasteiger partial charge on any atom is -0.486 e. The first-order chi connectivity index (χ1) is 11.0. The van der Waals surface area contributed by atoms with Crippen molar-refractivity contribution in [1.82, 2.24) is 4.90 Å². The lowest BCUT2D eigenvalue weighted by atomic mass is 9.82. The van der Waals surface area contributed by atoms with E-state index < -0.39 is 6.61 Å². The van der Waals surface area contributed by atoms with Gasteiger partial charge in [0.15, 0.2) is 11.6 Å². The first-order valence-corrected chi connectivity index (χ1v) is 7.88. The molecule has 23 heavy (non-hydrogen) atoms. The Balaban J connectivity index is 1.82. The molecule has 1 spiro atoms. The summed E-state index contributed by atoms with van der Waals surface area (Å²) in [5.41, 5.74) is 0.968. The number of benzene rings is 1. The minimum atomic E-state index is -0.513. The normalized spacial score (nSPS) is 20.5. The van der Waals surface area contributed by atoms with E-state index >= 15 is 0 Å². The van der Waals surface area contributed by atoms with Gasteiger partial charge in [0.2, 0.25) is 0 Å². The van der Waals surface area contributed by atoms with Gasteiger partial charge in [0.1, 0.15) is 18.0 Å². The number of aliphatic hydroxyl groups excluding tert-OH is 1. The molecule has 1 aromatic rings. The van der Waals surface area contributed by atoms with Crippen LogP contribution in [0, 0.1) is 0 Å².